The fourth-order valence-electron chi connectivity index (χ4n) is 2.57. The molecule has 0 atom stereocenters. The molecule has 140 valence electrons. The van der Waals surface area contributed by atoms with E-state index in [1.54, 1.807) is 6.20 Å². The van der Waals surface area contributed by atoms with E-state index in [1.807, 2.05) is 49.3 Å². The van der Waals surface area contributed by atoms with Gasteiger partial charge < -0.3 is 14.7 Å². The van der Waals surface area contributed by atoms with Gasteiger partial charge >= 0.3 is 5.97 Å². The summed E-state index contributed by atoms with van der Waals surface area (Å²) in [5.41, 5.74) is 3.35. The molecule has 0 amide bonds. The minimum atomic E-state index is -0.248. The van der Waals surface area contributed by atoms with Gasteiger partial charge in [-0.15, -0.1) is 0 Å². The molecule has 2 rings (SSSR count). The van der Waals surface area contributed by atoms with Crippen molar-refractivity contribution in [2.24, 2.45) is 0 Å². The Balaban J connectivity index is 2.19. The van der Waals surface area contributed by atoms with Crippen LogP contribution in [-0.4, -0.2) is 53.7 Å². The monoisotopic (exact) mass is 358 g/mol. The van der Waals surface area contributed by atoms with Crippen LogP contribution in [0.5, 0.6) is 0 Å². The fraction of sp³-hybridized carbons (Fsp3) is 0.421. The second kappa shape index (κ2) is 9.84. The smallest absolute Gasteiger partial charge is 0.306 e. The van der Waals surface area contributed by atoms with E-state index in [4.69, 9.17) is 4.74 Å². The predicted octanol–water partition coefficient (Wildman–Crippen LogP) is 1.60. The zero-order valence-electron chi connectivity index (χ0n) is 15.6. The Bertz CT molecular complexity index is 707. The number of anilines is 1. The van der Waals surface area contributed by atoms with Gasteiger partial charge in [-0.05, 0) is 24.3 Å². The van der Waals surface area contributed by atoms with Crippen molar-refractivity contribution in [3.8, 4) is 0 Å². The number of pyridine rings is 2. The zero-order valence-corrected chi connectivity index (χ0v) is 15.6. The molecule has 0 bridgehead atoms. The van der Waals surface area contributed by atoms with Gasteiger partial charge in [-0.1, -0.05) is 6.07 Å². The van der Waals surface area contributed by atoms with Gasteiger partial charge in [-0.2, -0.15) is 0 Å². The number of esters is 1. The first-order valence-electron chi connectivity index (χ1n) is 8.49. The van der Waals surface area contributed by atoms with Gasteiger partial charge in [-0.3, -0.25) is 19.7 Å². The van der Waals surface area contributed by atoms with Gasteiger partial charge in [-0.25, -0.2) is 0 Å². The normalized spacial score (nSPS) is 10.8. The Kier molecular flexibility index (Phi) is 7.50. The zero-order chi connectivity index (χ0) is 18.9. The summed E-state index contributed by atoms with van der Waals surface area (Å²) in [6, 6.07) is 9.62. The van der Waals surface area contributed by atoms with Crippen molar-refractivity contribution < 1.29 is 14.6 Å². The number of hydrogen-bond donors (Lipinski definition) is 1. The molecule has 0 saturated carbocycles. The number of rotatable bonds is 9. The third-order valence-corrected chi connectivity index (χ3v) is 3.95. The van der Waals surface area contributed by atoms with Gasteiger partial charge in [0.05, 0.1) is 37.2 Å². The van der Waals surface area contributed by atoms with E-state index in [2.05, 4.69) is 14.9 Å². The van der Waals surface area contributed by atoms with Crippen molar-refractivity contribution in [3.05, 3.63) is 53.6 Å². The summed E-state index contributed by atoms with van der Waals surface area (Å²) in [5, 5.41) is 9.48. The minimum Gasteiger partial charge on any atom is -0.469 e. The Labute approximate surface area is 154 Å². The first-order chi connectivity index (χ1) is 12.5. The van der Waals surface area contributed by atoms with Crippen LogP contribution in [-0.2, 0) is 29.2 Å². The molecule has 26 heavy (non-hydrogen) atoms. The lowest BCUT2D eigenvalue weighted by Crippen LogP contribution is -2.27. The van der Waals surface area contributed by atoms with Crippen LogP contribution in [0, 0.1) is 0 Å². The molecular weight excluding hydrogens is 332 g/mol. The van der Waals surface area contributed by atoms with Crippen LogP contribution in [0.3, 0.4) is 0 Å². The SMILES string of the molecule is COC(=O)CCN(Cc1ccccn1)Cc1cc(N(C)C)cc(CO)n1. The molecule has 0 unspecified atom stereocenters. The number of methoxy groups -OCH3 is 1. The van der Waals surface area contributed by atoms with Gasteiger partial charge in [0.2, 0.25) is 0 Å². The molecule has 2 heterocycles. The van der Waals surface area contributed by atoms with Crippen LogP contribution in [0.4, 0.5) is 5.69 Å². The first-order valence-corrected chi connectivity index (χ1v) is 8.49. The van der Waals surface area contributed by atoms with Crippen LogP contribution in [0.25, 0.3) is 0 Å². The lowest BCUT2D eigenvalue weighted by atomic mass is 10.2. The molecule has 0 aliphatic carbocycles. The summed E-state index contributed by atoms with van der Waals surface area (Å²) >= 11 is 0. The molecule has 1 N–H and O–H groups in total. The average molecular weight is 358 g/mol. The highest BCUT2D eigenvalue weighted by Crippen LogP contribution is 2.17. The molecule has 0 aromatic carbocycles. The highest BCUT2D eigenvalue weighted by Gasteiger charge is 2.13. The number of nitrogens with zero attached hydrogens (tertiary/aromatic N) is 4. The summed E-state index contributed by atoms with van der Waals surface area (Å²) in [5.74, 6) is -0.248. The summed E-state index contributed by atoms with van der Waals surface area (Å²) < 4.78 is 4.75. The topological polar surface area (TPSA) is 78.8 Å². The van der Waals surface area contributed by atoms with Crippen LogP contribution in [0.15, 0.2) is 36.5 Å². The predicted molar refractivity (Wildman–Crippen MR) is 99.5 cm³/mol. The Morgan fingerprint density at radius 2 is 1.88 bits per heavy atom. The van der Waals surface area contributed by atoms with Gasteiger partial charge in [0, 0.05) is 45.6 Å². The maximum Gasteiger partial charge on any atom is 0.306 e. The van der Waals surface area contributed by atoms with E-state index >= 15 is 0 Å². The Morgan fingerprint density at radius 1 is 1.15 bits per heavy atom. The lowest BCUT2D eigenvalue weighted by Gasteiger charge is -2.22. The Morgan fingerprint density at radius 3 is 2.50 bits per heavy atom. The van der Waals surface area contributed by atoms with E-state index in [-0.39, 0.29) is 12.6 Å². The number of carbonyl (C=O) groups is 1. The minimum absolute atomic E-state index is 0.114. The number of aliphatic hydroxyl groups excluding tert-OH is 1. The molecular formula is C19H26N4O3. The molecule has 7 heteroatoms. The van der Waals surface area contributed by atoms with E-state index in [1.165, 1.54) is 7.11 Å². The highest BCUT2D eigenvalue weighted by atomic mass is 16.5. The van der Waals surface area contributed by atoms with Crippen molar-refractivity contribution in [2.75, 3.05) is 32.6 Å². The molecule has 0 aliphatic heterocycles. The fourth-order valence-corrected chi connectivity index (χ4v) is 2.57. The quantitative estimate of drug-likeness (QED) is 0.682. The molecule has 0 radical (unpaired) electrons. The molecule has 0 aliphatic rings. The van der Waals surface area contributed by atoms with Gasteiger partial charge in [0.1, 0.15) is 0 Å². The summed E-state index contributed by atoms with van der Waals surface area (Å²) in [7, 11) is 5.29. The van der Waals surface area contributed by atoms with Crippen molar-refractivity contribution >= 4 is 11.7 Å². The standard InChI is InChI=1S/C19H26N4O3/c1-22(2)18-10-16(21-17(11-18)14-24)13-23(9-7-19(25)26-3)12-15-6-4-5-8-20-15/h4-6,8,10-11,24H,7,9,12-14H2,1-3H3. The molecule has 0 fully saturated rings. The Hall–Kier alpha value is -2.51. The second-order valence-electron chi connectivity index (χ2n) is 6.22. The van der Waals surface area contributed by atoms with Crippen LogP contribution in [0.1, 0.15) is 23.5 Å². The summed E-state index contributed by atoms with van der Waals surface area (Å²) in [6.45, 7) is 1.56. The molecule has 0 saturated heterocycles. The largest absolute Gasteiger partial charge is 0.469 e. The molecule has 7 nitrogen and oxygen atoms in total. The van der Waals surface area contributed by atoms with Crippen molar-refractivity contribution in [3.63, 3.8) is 0 Å². The van der Waals surface area contributed by atoms with Crippen molar-refractivity contribution in [1.29, 1.82) is 0 Å². The summed E-state index contributed by atoms with van der Waals surface area (Å²) in [6.07, 6.45) is 2.05. The second-order valence-corrected chi connectivity index (χ2v) is 6.22. The number of carbonyl (C=O) groups excluding carboxylic acids is 1. The van der Waals surface area contributed by atoms with E-state index in [0.717, 1.165) is 17.1 Å². The third-order valence-electron chi connectivity index (χ3n) is 3.95. The third kappa shape index (κ3) is 6.09. The number of aliphatic hydroxyl groups is 1. The van der Waals surface area contributed by atoms with E-state index < -0.39 is 0 Å². The van der Waals surface area contributed by atoms with Crippen LogP contribution >= 0.6 is 0 Å². The van der Waals surface area contributed by atoms with Gasteiger partial charge in [0.15, 0.2) is 0 Å². The number of hydrogen-bond acceptors (Lipinski definition) is 7. The first kappa shape index (κ1) is 19.8. The maximum absolute atomic E-state index is 11.5. The van der Waals surface area contributed by atoms with Crippen LogP contribution in [0.2, 0.25) is 0 Å². The lowest BCUT2D eigenvalue weighted by molar-refractivity contribution is -0.141. The highest BCUT2D eigenvalue weighted by molar-refractivity contribution is 5.69. The molecule has 2 aromatic rings. The van der Waals surface area contributed by atoms with Crippen molar-refractivity contribution in [1.82, 2.24) is 14.9 Å². The van der Waals surface area contributed by atoms with Gasteiger partial charge in [0.25, 0.3) is 0 Å². The van der Waals surface area contributed by atoms with Crippen LogP contribution < -0.4 is 4.90 Å². The number of aromatic nitrogens is 2. The molecule has 2 aromatic heterocycles. The van der Waals surface area contributed by atoms with E-state index in [9.17, 15) is 9.90 Å². The molecule has 0 spiro atoms. The average Bonchev–Trinajstić information content (AvgIpc) is 2.66. The number of ether oxygens (including phenoxy) is 1. The van der Waals surface area contributed by atoms with E-state index in [0.29, 0.717) is 31.7 Å². The maximum atomic E-state index is 11.5. The van der Waals surface area contributed by atoms with Crippen molar-refractivity contribution in [2.45, 2.75) is 26.1 Å². The summed E-state index contributed by atoms with van der Waals surface area (Å²) in [4.78, 5) is 24.5.